The lowest BCUT2D eigenvalue weighted by Gasteiger charge is -1.94. The highest BCUT2D eigenvalue weighted by atomic mass is 16.5. The Kier molecular flexibility index (Phi) is 3.50. The molecule has 1 heterocycles. The van der Waals surface area contributed by atoms with E-state index in [1.165, 1.54) is 0 Å². The van der Waals surface area contributed by atoms with Gasteiger partial charge < -0.3 is 10.5 Å². The van der Waals surface area contributed by atoms with E-state index in [1.54, 1.807) is 25.3 Å². The van der Waals surface area contributed by atoms with Crippen molar-refractivity contribution >= 4 is 11.7 Å². The number of esters is 1. The van der Waals surface area contributed by atoms with Gasteiger partial charge in [0.2, 0.25) is 0 Å². The fourth-order valence-corrected chi connectivity index (χ4v) is 0.800. The van der Waals surface area contributed by atoms with Crippen LogP contribution in [0.15, 0.2) is 18.3 Å². The van der Waals surface area contributed by atoms with Gasteiger partial charge in [0.15, 0.2) is 0 Å². The van der Waals surface area contributed by atoms with Crippen molar-refractivity contribution in [2.45, 2.75) is 6.92 Å². The van der Waals surface area contributed by atoms with E-state index in [2.05, 4.69) is 21.6 Å². The summed E-state index contributed by atoms with van der Waals surface area (Å²) in [7, 11) is 0. The van der Waals surface area contributed by atoms with Crippen LogP contribution >= 0.6 is 0 Å². The number of carbonyl (C=O) groups is 1. The molecule has 0 atom stereocenters. The number of hydrogen-bond acceptors (Lipinski definition) is 4. The Morgan fingerprint density at radius 2 is 2.50 bits per heavy atom. The van der Waals surface area contributed by atoms with E-state index >= 15 is 0 Å². The fourth-order valence-electron chi connectivity index (χ4n) is 0.800. The maximum Gasteiger partial charge on any atom is 0.384 e. The van der Waals surface area contributed by atoms with Crippen molar-refractivity contribution < 1.29 is 9.53 Å². The first-order valence-electron chi connectivity index (χ1n) is 4.13. The number of ether oxygens (including phenoxy) is 1. The van der Waals surface area contributed by atoms with Crippen LogP contribution < -0.4 is 5.73 Å². The third-order valence-corrected chi connectivity index (χ3v) is 1.40. The number of aromatic nitrogens is 1. The Hall–Kier alpha value is -2.02. The van der Waals surface area contributed by atoms with Gasteiger partial charge in [0, 0.05) is 12.1 Å². The van der Waals surface area contributed by atoms with Crippen molar-refractivity contribution in [3.8, 4) is 11.8 Å². The minimum Gasteiger partial charge on any atom is -0.456 e. The van der Waals surface area contributed by atoms with Crippen LogP contribution in [0.2, 0.25) is 0 Å². The maximum absolute atomic E-state index is 10.9. The fraction of sp³-hybridized carbons (Fsp3) is 0.200. The second-order valence-corrected chi connectivity index (χ2v) is 2.41. The zero-order valence-electron chi connectivity index (χ0n) is 7.78. The number of rotatable bonds is 1. The molecular formula is C10H10N2O2. The molecule has 0 aliphatic carbocycles. The van der Waals surface area contributed by atoms with E-state index in [1.807, 2.05) is 0 Å². The number of nitrogens with zero attached hydrogens (tertiary/aromatic N) is 1. The predicted molar refractivity (Wildman–Crippen MR) is 52.2 cm³/mol. The SMILES string of the molecule is CCOC(=O)C#Cc1ncccc1N. The molecule has 1 aromatic rings. The summed E-state index contributed by atoms with van der Waals surface area (Å²) in [6.07, 6.45) is 1.56. The highest BCUT2D eigenvalue weighted by Gasteiger charge is 1.96. The summed E-state index contributed by atoms with van der Waals surface area (Å²) in [6.45, 7) is 2.03. The molecule has 72 valence electrons. The van der Waals surface area contributed by atoms with Gasteiger partial charge in [-0.05, 0) is 25.0 Å². The monoisotopic (exact) mass is 190 g/mol. The van der Waals surface area contributed by atoms with E-state index in [0.717, 1.165) is 0 Å². The van der Waals surface area contributed by atoms with Crippen molar-refractivity contribution in [3.63, 3.8) is 0 Å². The molecule has 0 bridgehead atoms. The van der Waals surface area contributed by atoms with Gasteiger partial charge in [-0.15, -0.1) is 0 Å². The normalized spacial score (nSPS) is 8.64. The molecule has 0 amide bonds. The van der Waals surface area contributed by atoms with E-state index < -0.39 is 5.97 Å². The molecule has 14 heavy (non-hydrogen) atoms. The number of hydrogen-bond donors (Lipinski definition) is 1. The largest absolute Gasteiger partial charge is 0.456 e. The Balaban J connectivity index is 2.77. The molecular weight excluding hydrogens is 180 g/mol. The minimum atomic E-state index is -0.572. The van der Waals surface area contributed by atoms with Crippen molar-refractivity contribution in [1.82, 2.24) is 4.98 Å². The Bertz CT molecular complexity index is 391. The van der Waals surface area contributed by atoms with Gasteiger partial charge in [-0.25, -0.2) is 9.78 Å². The summed E-state index contributed by atoms with van der Waals surface area (Å²) < 4.78 is 4.62. The van der Waals surface area contributed by atoms with Crippen LogP contribution in [0.1, 0.15) is 12.6 Å². The maximum atomic E-state index is 10.9. The number of carbonyl (C=O) groups excluding carboxylic acids is 1. The predicted octanol–water partition coefficient (Wildman–Crippen LogP) is 0.578. The lowest BCUT2D eigenvalue weighted by molar-refractivity contribution is -0.136. The highest BCUT2D eigenvalue weighted by Crippen LogP contribution is 2.03. The molecule has 0 aliphatic heterocycles. The number of nitrogen functional groups attached to an aromatic ring is 1. The lowest BCUT2D eigenvalue weighted by Crippen LogP contribution is -2.00. The summed E-state index contributed by atoms with van der Waals surface area (Å²) in [5.74, 6) is 4.25. The molecule has 0 aliphatic rings. The van der Waals surface area contributed by atoms with Crippen LogP contribution in [0.25, 0.3) is 0 Å². The molecule has 0 saturated heterocycles. The molecule has 0 radical (unpaired) electrons. The Labute approximate surface area is 82.1 Å². The number of pyridine rings is 1. The van der Waals surface area contributed by atoms with Gasteiger partial charge in [0.25, 0.3) is 0 Å². The molecule has 0 fully saturated rings. The van der Waals surface area contributed by atoms with Crippen LogP contribution in [-0.4, -0.2) is 17.6 Å². The van der Waals surface area contributed by atoms with Gasteiger partial charge in [-0.3, -0.25) is 0 Å². The summed E-state index contributed by atoms with van der Waals surface area (Å²) in [5, 5.41) is 0. The van der Waals surface area contributed by atoms with Crippen LogP contribution in [-0.2, 0) is 9.53 Å². The van der Waals surface area contributed by atoms with Gasteiger partial charge in [-0.1, -0.05) is 0 Å². The number of anilines is 1. The van der Waals surface area contributed by atoms with Crippen molar-refractivity contribution in [1.29, 1.82) is 0 Å². The zero-order chi connectivity index (χ0) is 10.4. The lowest BCUT2D eigenvalue weighted by atomic mass is 10.3. The van der Waals surface area contributed by atoms with Gasteiger partial charge >= 0.3 is 5.97 Å². The molecule has 0 saturated carbocycles. The highest BCUT2D eigenvalue weighted by molar-refractivity contribution is 5.89. The molecule has 2 N–H and O–H groups in total. The van der Waals surface area contributed by atoms with E-state index in [0.29, 0.717) is 18.0 Å². The second-order valence-electron chi connectivity index (χ2n) is 2.41. The summed E-state index contributed by atoms with van der Waals surface area (Å²) in [4.78, 5) is 14.8. The standard InChI is InChI=1S/C10H10N2O2/c1-2-14-10(13)6-5-9-8(11)4-3-7-12-9/h3-4,7H,2,11H2,1H3. The molecule has 1 rings (SSSR count). The third kappa shape index (κ3) is 2.79. The smallest absolute Gasteiger partial charge is 0.384 e. The quantitative estimate of drug-likeness (QED) is 0.519. The van der Waals surface area contributed by atoms with Crippen molar-refractivity contribution in [3.05, 3.63) is 24.0 Å². The van der Waals surface area contributed by atoms with Gasteiger partial charge in [0.05, 0.1) is 12.3 Å². The third-order valence-electron chi connectivity index (χ3n) is 1.40. The van der Waals surface area contributed by atoms with E-state index in [9.17, 15) is 4.79 Å². The van der Waals surface area contributed by atoms with Crippen LogP contribution in [0.4, 0.5) is 5.69 Å². The van der Waals surface area contributed by atoms with E-state index in [4.69, 9.17) is 5.73 Å². The van der Waals surface area contributed by atoms with Crippen LogP contribution in [0.3, 0.4) is 0 Å². The molecule has 4 nitrogen and oxygen atoms in total. The van der Waals surface area contributed by atoms with Crippen LogP contribution in [0.5, 0.6) is 0 Å². The van der Waals surface area contributed by atoms with Gasteiger partial charge in [0.1, 0.15) is 5.69 Å². The van der Waals surface area contributed by atoms with Crippen molar-refractivity contribution in [2.75, 3.05) is 12.3 Å². The Morgan fingerprint density at radius 1 is 1.71 bits per heavy atom. The zero-order valence-corrected chi connectivity index (χ0v) is 7.78. The average Bonchev–Trinajstić information content (AvgIpc) is 2.17. The number of nitrogens with two attached hydrogens (primary N) is 1. The summed E-state index contributed by atoms with van der Waals surface area (Å²) >= 11 is 0. The first-order chi connectivity index (χ1) is 6.74. The van der Waals surface area contributed by atoms with Crippen molar-refractivity contribution in [2.24, 2.45) is 0 Å². The molecule has 0 spiro atoms. The first kappa shape index (κ1) is 10.1. The summed E-state index contributed by atoms with van der Waals surface area (Å²) in [5.41, 5.74) is 6.40. The molecule has 0 unspecified atom stereocenters. The molecule has 1 aromatic heterocycles. The topological polar surface area (TPSA) is 65.2 Å². The van der Waals surface area contributed by atoms with Gasteiger partial charge in [-0.2, -0.15) is 0 Å². The minimum absolute atomic E-state index is 0.311. The molecule has 0 aromatic carbocycles. The average molecular weight is 190 g/mol. The van der Waals surface area contributed by atoms with E-state index in [-0.39, 0.29) is 0 Å². The molecule has 4 heteroatoms. The van der Waals surface area contributed by atoms with Crippen LogP contribution in [0, 0.1) is 11.8 Å². The first-order valence-corrected chi connectivity index (χ1v) is 4.13. The Morgan fingerprint density at radius 3 is 3.14 bits per heavy atom. The second kappa shape index (κ2) is 4.87. The summed E-state index contributed by atoms with van der Waals surface area (Å²) in [6, 6.07) is 3.37.